The molecule has 4 aliphatic carbocycles. The molecule has 1 aromatic rings. The fourth-order valence-corrected chi connectivity index (χ4v) is 7.86. The summed E-state index contributed by atoms with van der Waals surface area (Å²) in [5.41, 5.74) is -1.31. The van der Waals surface area contributed by atoms with Crippen LogP contribution in [0.2, 0.25) is 0 Å². The Balaban J connectivity index is 1.64. The number of fused-ring (bicyclic) bond motifs is 3. The predicted octanol–water partition coefficient (Wildman–Crippen LogP) is 2.76. The molecule has 4 atom stereocenters. The number of aliphatic hydroxyl groups is 3. The lowest BCUT2D eigenvalue weighted by Gasteiger charge is -2.50. The van der Waals surface area contributed by atoms with Gasteiger partial charge in [-0.15, -0.1) is 0 Å². The maximum absolute atomic E-state index is 14.7. The normalized spacial score (nSPS) is 28.1. The summed E-state index contributed by atoms with van der Waals surface area (Å²) < 4.78 is 44.2. The molecule has 4 aliphatic rings. The van der Waals surface area contributed by atoms with Crippen molar-refractivity contribution in [1.29, 1.82) is 0 Å². The minimum absolute atomic E-state index is 0.118. The largest absolute Gasteiger partial charge is 0.510 e. The first-order chi connectivity index (χ1) is 20.0. The number of rotatable bonds is 6. The number of carbonyl (C=O) groups excluding carboxylic acids is 3. The standard InChI is InChI=1S/C30H36F3N3O7/c1-35(2)23-17-9-14-8-16-20(24(38)19(14)26(40)29(17,43)27(41)21(25(23)39)28(34)42)18(37)10-15(22(16)30(31,32)33)12-36(3)11-13-6-4-5-7-13/h10,13-14,17,23,37,39-40,43H,4-9,11-12H2,1-3H3,(H2,34,42)/t14-,17-,23-,29-/m0/s1. The van der Waals surface area contributed by atoms with Gasteiger partial charge in [0.1, 0.15) is 22.8 Å². The van der Waals surface area contributed by atoms with E-state index in [4.69, 9.17) is 5.73 Å². The number of halogens is 3. The second-order valence-electron chi connectivity index (χ2n) is 12.6. The van der Waals surface area contributed by atoms with Crippen molar-refractivity contribution in [3.05, 3.63) is 51.0 Å². The molecule has 13 heteroatoms. The van der Waals surface area contributed by atoms with Gasteiger partial charge in [0.25, 0.3) is 5.91 Å². The summed E-state index contributed by atoms with van der Waals surface area (Å²) in [7, 11) is 4.66. The quantitative estimate of drug-likeness (QED) is 0.306. The van der Waals surface area contributed by atoms with E-state index < -0.39 is 98.7 Å². The molecule has 10 nitrogen and oxygen atoms in total. The van der Waals surface area contributed by atoms with Gasteiger partial charge in [-0.05, 0) is 75.9 Å². The van der Waals surface area contributed by atoms with Crippen LogP contribution in [0, 0.1) is 17.8 Å². The van der Waals surface area contributed by atoms with Crippen LogP contribution in [0.3, 0.4) is 0 Å². The Morgan fingerprint density at radius 3 is 2.30 bits per heavy atom. The third-order valence-corrected chi connectivity index (χ3v) is 9.58. The molecule has 1 fully saturated rings. The molecular formula is C30H36F3N3O7. The molecule has 0 aromatic heterocycles. The van der Waals surface area contributed by atoms with Crippen molar-refractivity contribution in [2.75, 3.05) is 27.7 Å². The smallest absolute Gasteiger partial charge is 0.417 e. The second kappa shape index (κ2) is 10.6. The van der Waals surface area contributed by atoms with Gasteiger partial charge in [0.2, 0.25) is 5.78 Å². The lowest BCUT2D eigenvalue weighted by atomic mass is 9.58. The Kier molecular flexibility index (Phi) is 7.67. The first kappa shape index (κ1) is 31.0. The average molecular weight is 608 g/mol. The number of aliphatic hydroxyl groups excluding tert-OH is 2. The Morgan fingerprint density at radius 1 is 1.12 bits per heavy atom. The molecule has 1 amide bonds. The van der Waals surface area contributed by atoms with Crippen molar-refractivity contribution in [3.8, 4) is 5.75 Å². The average Bonchev–Trinajstić information content (AvgIpc) is 3.37. The summed E-state index contributed by atoms with van der Waals surface area (Å²) >= 11 is 0. The number of hydrogen-bond acceptors (Lipinski definition) is 9. The number of phenols is 1. The Bertz CT molecular complexity index is 1460. The molecular weight excluding hydrogens is 571 g/mol. The number of amides is 1. The van der Waals surface area contributed by atoms with E-state index in [-0.39, 0.29) is 18.5 Å². The van der Waals surface area contributed by atoms with E-state index in [9.17, 15) is 48.0 Å². The number of hydrogen-bond donors (Lipinski definition) is 5. The van der Waals surface area contributed by atoms with Crippen molar-refractivity contribution in [2.45, 2.75) is 62.9 Å². The first-order valence-corrected chi connectivity index (χ1v) is 14.3. The maximum Gasteiger partial charge on any atom is 0.417 e. The highest BCUT2D eigenvalue weighted by atomic mass is 19.4. The number of nitrogens with two attached hydrogens (primary N) is 1. The number of phenolic OH excluding ortho intramolecular Hbond substituents is 1. The van der Waals surface area contributed by atoms with E-state index in [1.807, 2.05) is 0 Å². The fourth-order valence-electron chi connectivity index (χ4n) is 7.86. The molecule has 0 radical (unpaired) electrons. The number of benzene rings is 1. The summed E-state index contributed by atoms with van der Waals surface area (Å²) in [6, 6.07) is -0.320. The van der Waals surface area contributed by atoms with Crippen LogP contribution in [0.4, 0.5) is 13.2 Å². The van der Waals surface area contributed by atoms with Crippen LogP contribution in [-0.2, 0) is 28.7 Å². The van der Waals surface area contributed by atoms with Gasteiger partial charge in [0.15, 0.2) is 11.4 Å². The van der Waals surface area contributed by atoms with Gasteiger partial charge in [0, 0.05) is 24.6 Å². The minimum Gasteiger partial charge on any atom is -0.510 e. The van der Waals surface area contributed by atoms with E-state index in [0.29, 0.717) is 12.5 Å². The molecule has 43 heavy (non-hydrogen) atoms. The van der Waals surface area contributed by atoms with Crippen molar-refractivity contribution >= 4 is 17.5 Å². The van der Waals surface area contributed by atoms with Crippen LogP contribution in [-0.4, -0.2) is 87.0 Å². The van der Waals surface area contributed by atoms with Crippen LogP contribution >= 0.6 is 0 Å². The van der Waals surface area contributed by atoms with Gasteiger partial charge < -0.3 is 31.1 Å². The van der Waals surface area contributed by atoms with Gasteiger partial charge in [-0.1, -0.05) is 12.8 Å². The molecule has 0 unspecified atom stereocenters. The van der Waals surface area contributed by atoms with E-state index in [2.05, 4.69) is 0 Å². The fraction of sp³-hybridized carbons (Fsp3) is 0.567. The zero-order chi connectivity index (χ0) is 31.8. The van der Waals surface area contributed by atoms with Crippen molar-refractivity contribution < 1.29 is 48.0 Å². The van der Waals surface area contributed by atoms with Crippen LogP contribution in [0.15, 0.2) is 28.7 Å². The molecule has 0 aliphatic heterocycles. The number of primary amides is 1. The van der Waals surface area contributed by atoms with Crippen LogP contribution in [0.25, 0.3) is 0 Å². The Labute approximate surface area is 246 Å². The lowest BCUT2D eigenvalue weighted by Crippen LogP contribution is -2.63. The summed E-state index contributed by atoms with van der Waals surface area (Å²) in [4.78, 5) is 42.4. The molecule has 0 heterocycles. The highest BCUT2D eigenvalue weighted by Crippen LogP contribution is 2.54. The highest BCUT2D eigenvalue weighted by molar-refractivity contribution is 6.24. The van der Waals surface area contributed by atoms with E-state index >= 15 is 0 Å². The van der Waals surface area contributed by atoms with Crippen molar-refractivity contribution in [2.24, 2.45) is 23.5 Å². The van der Waals surface area contributed by atoms with Crippen LogP contribution in [0.5, 0.6) is 5.75 Å². The predicted molar refractivity (Wildman–Crippen MR) is 147 cm³/mol. The Hall–Kier alpha value is -3.42. The summed E-state index contributed by atoms with van der Waals surface area (Å²) in [6.45, 7) is 0.467. The van der Waals surface area contributed by atoms with E-state index in [1.165, 1.54) is 19.0 Å². The third kappa shape index (κ3) is 4.81. The highest BCUT2D eigenvalue weighted by Gasteiger charge is 2.63. The molecule has 1 saturated carbocycles. The molecule has 5 rings (SSSR count). The number of Topliss-reactive ketones (excluding diaryl/α,β-unsaturated/α-hetero) is 2. The van der Waals surface area contributed by atoms with Gasteiger partial charge >= 0.3 is 6.18 Å². The zero-order valence-electron chi connectivity index (χ0n) is 24.2. The van der Waals surface area contributed by atoms with Crippen molar-refractivity contribution in [3.63, 3.8) is 0 Å². The van der Waals surface area contributed by atoms with Crippen molar-refractivity contribution in [1.82, 2.24) is 9.80 Å². The summed E-state index contributed by atoms with van der Waals surface area (Å²) in [6.07, 6.45) is -1.47. The summed E-state index contributed by atoms with van der Waals surface area (Å²) in [5, 5.41) is 44.8. The molecule has 6 N–H and O–H groups in total. The SMILES string of the molecule is CN(Cc1cc(O)c2c(c1C(F)(F)F)C[C@H]1C[C@H]3[C@H](N(C)C)C(O)=C(C(N)=O)C(=O)[C@@]3(O)C(O)=C1C2=O)CC1CCCC1. The van der Waals surface area contributed by atoms with Gasteiger partial charge in [-0.2, -0.15) is 13.2 Å². The van der Waals surface area contributed by atoms with Gasteiger partial charge in [0.05, 0.1) is 17.2 Å². The number of ketones is 2. The lowest BCUT2D eigenvalue weighted by molar-refractivity contribution is -0.148. The zero-order valence-corrected chi connectivity index (χ0v) is 24.2. The molecule has 0 bridgehead atoms. The molecule has 234 valence electrons. The van der Waals surface area contributed by atoms with E-state index in [0.717, 1.165) is 31.7 Å². The molecule has 0 spiro atoms. The molecule has 1 aromatic carbocycles. The monoisotopic (exact) mass is 607 g/mol. The number of alkyl halides is 3. The van der Waals surface area contributed by atoms with E-state index in [1.54, 1.807) is 11.9 Å². The Morgan fingerprint density at radius 2 is 1.74 bits per heavy atom. The van der Waals surface area contributed by atoms with Crippen LogP contribution < -0.4 is 5.73 Å². The number of carbonyl (C=O) groups is 3. The van der Waals surface area contributed by atoms with Gasteiger partial charge in [-0.3, -0.25) is 19.3 Å². The minimum atomic E-state index is -4.88. The first-order valence-electron chi connectivity index (χ1n) is 14.3. The second-order valence-corrected chi connectivity index (χ2v) is 12.6. The third-order valence-electron chi connectivity index (χ3n) is 9.58. The topological polar surface area (TPSA) is 165 Å². The number of aromatic hydroxyl groups is 1. The summed E-state index contributed by atoms with van der Waals surface area (Å²) in [5.74, 6) is -8.58. The number of allylic oxidation sites excluding steroid dienone is 1. The van der Waals surface area contributed by atoms with Gasteiger partial charge in [-0.25, -0.2) is 0 Å². The number of likely N-dealkylation sites (N-methyl/N-ethyl adjacent to an activating group) is 1. The molecule has 0 saturated heterocycles. The number of nitrogens with zero attached hydrogens (tertiary/aromatic N) is 2. The van der Waals surface area contributed by atoms with Crippen LogP contribution in [0.1, 0.15) is 59.2 Å². The maximum atomic E-state index is 14.7.